The van der Waals surface area contributed by atoms with Gasteiger partial charge in [-0.3, -0.25) is 0 Å². The van der Waals surface area contributed by atoms with Crippen molar-refractivity contribution in [1.29, 1.82) is 0 Å². The van der Waals surface area contributed by atoms with Gasteiger partial charge in [0.2, 0.25) is 0 Å². The fraction of sp³-hybridized carbons (Fsp3) is 0.400. The van der Waals surface area contributed by atoms with Gasteiger partial charge in [0.15, 0.2) is 0 Å². The maximum absolute atomic E-state index is 11.6. The third-order valence-corrected chi connectivity index (χ3v) is 1.54. The van der Waals surface area contributed by atoms with Crippen LogP contribution in [0.3, 0.4) is 0 Å². The number of nitrogens with two attached hydrogens (primary N) is 1. The lowest BCUT2D eigenvalue weighted by Crippen LogP contribution is -2.24. The Kier molecular flexibility index (Phi) is 3.26. The molecule has 3 N–H and O–H groups in total. The maximum Gasteiger partial charge on any atom is 0.338 e. The van der Waals surface area contributed by atoms with E-state index in [1.165, 1.54) is 12.3 Å². The first kappa shape index (κ1) is 11.5. The average molecular weight is 209 g/mol. The molecule has 1 aromatic heterocycles. The Hall–Kier alpha value is -1.62. The highest BCUT2D eigenvalue weighted by Crippen LogP contribution is 2.13. The Bertz CT molecular complexity index is 358. The van der Waals surface area contributed by atoms with Gasteiger partial charge in [-0.05, 0) is 32.9 Å². The van der Waals surface area contributed by atoms with Crippen LogP contribution in [0.1, 0.15) is 31.1 Å². The van der Waals surface area contributed by atoms with Crippen LogP contribution in [0.15, 0.2) is 18.3 Å². The van der Waals surface area contributed by atoms with E-state index in [2.05, 4.69) is 10.4 Å². The second kappa shape index (κ2) is 4.27. The monoisotopic (exact) mass is 209 g/mol. The number of hydrazine groups is 1. The Morgan fingerprint density at radius 1 is 1.53 bits per heavy atom. The molecule has 0 amide bonds. The number of ether oxygens (including phenoxy) is 1. The molecule has 1 heterocycles. The fourth-order valence-electron chi connectivity index (χ4n) is 0.973. The molecular weight excluding hydrogens is 194 g/mol. The molecule has 82 valence electrons. The van der Waals surface area contributed by atoms with Crippen LogP contribution in [0.4, 0.5) is 5.82 Å². The molecule has 0 atom stereocenters. The minimum Gasteiger partial charge on any atom is -0.456 e. The zero-order chi connectivity index (χ0) is 11.5. The summed E-state index contributed by atoms with van der Waals surface area (Å²) in [7, 11) is 0. The highest BCUT2D eigenvalue weighted by Gasteiger charge is 2.17. The number of rotatable bonds is 2. The van der Waals surface area contributed by atoms with Crippen LogP contribution in [0.5, 0.6) is 0 Å². The Balaban J connectivity index is 2.82. The van der Waals surface area contributed by atoms with E-state index in [0.29, 0.717) is 11.4 Å². The average Bonchev–Trinajstić information content (AvgIpc) is 2.15. The highest BCUT2D eigenvalue weighted by molar-refractivity contribution is 5.90. The van der Waals surface area contributed by atoms with Crippen molar-refractivity contribution in [1.82, 2.24) is 4.98 Å². The quantitative estimate of drug-likeness (QED) is 0.436. The molecule has 0 spiro atoms. The lowest BCUT2D eigenvalue weighted by molar-refractivity contribution is 0.00695. The van der Waals surface area contributed by atoms with Crippen molar-refractivity contribution in [2.45, 2.75) is 26.4 Å². The van der Waals surface area contributed by atoms with E-state index >= 15 is 0 Å². The number of carbonyl (C=O) groups excluding carboxylic acids is 1. The Morgan fingerprint density at radius 3 is 2.73 bits per heavy atom. The lowest BCUT2D eigenvalue weighted by Gasteiger charge is -2.19. The number of hydrogen-bond donors (Lipinski definition) is 2. The van der Waals surface area contributed by atoms with Gasteiger partial charge in [-0.25, -0.2) is 15.6 Å². The second-order valence-electron chi connectivity index (χ2n) is 4.08. The first-order valence-electron chi connectivity index (χ1n) is 4.58. The third-order valence-electron chi connectivity index (χ3n) is 1.54. The third kappa shape index (κ3) is 3.55. The summed E-state index contributed by atoms with van der Waals surface area (Å²) >= 11 is 0. The molecule has 0 aromatic carbocycles. The molecule has 0 unspecified atom stereocenters. The normalized spacial score (nSPS) is 10.9. The molecule has 0 aliphatic heterocycles. The molecule has 0 aliphatic rings. The molecule has 5 heteroatoms. The van der Waals surface area contributed by atoms with Gasteiger partial charge in [-0.15, -0.1) is 0 Å². The molecule has 0 aliphatic carbocycles. The van der Waals surface area contributed by atoms with Crippen LogP contribution in [0.25, 0.3) is 0 Å². The van der Waals surface area contributed by atoms with Gasteiger partial charge >= 0.3 is 5.97 Å². The fourth-order valence-corrected chi connectivity index (χ4v) is 0.973. The van der Waals surface area contributed by atoms with Crippen molar-refractivity contribution in [3.05, 3.63) is 23.9 Å². The zero-order valence-electron chi connectivity index (χ0n) is 9.07. The van der Waals surface area contributed by atoms with Gasteiger partial charge < -0.3 is 10.2 Å². The number of esters is 1. The molecule has 1 aromatic rings. The van der Waals surface area contributed by atoms with E-state index in [1.54, 1.807) is 6.07 Å². The van der Waals surface area contributed by atoms with E-state index in [9.17, 15) is 4.79 Å². The first-order valence-corrected chi connectivity index (χ1v) is 4.58. The summed E-state index contributed by atoms with van der Waals surface area (Å²) in [6, 6.07) is 3.11. The van der Waals surface area contributed by atoms with E-state index in [0.717, 1.165) is 0 Å². The summed E-state index contributed by atoms with van der Waals surface area (Å²) in [5.41, 5.74) is 2.29. The molecule has 0 saturated carbocycles. The van der Waals surface area contributed by atoms with Crippen LogP contribution in [0.2, 0.25) is 0 Å². The maximum atomic E-state index is 11.6. The zero-order valence-corrected chi connectivity index (χ0v) is 9.07. The van der Waals surface area contributed by atoms with Crippen molar-refractivity contribution < 1.29 is 9.53 Å². The van der Waals surface area contributed by atoms with Crippen molar-refractivity contribution >= 4 is 11.8 Å². The van der Waals surface area contributed by atoms with Crippen LogP contribution < -0.4 is 11.3 Å². The molecule has 0 radical (unpaired) electrons. The van der Waals surface area contributed by atoms with Gasteiger partial charge in [0, 0.05) is 6.20 Å². The number of carbonyl (C=O) groups is 1. The van der Waals surface area contributed by atoms with Crippen molar-refractivity contribution in [3.8, 4) is 0 Å². The number of nitrogen functional groups attached to an aromatic ring is 1. The number of aromatic nitrogens is 1. The van der Waals surface area contributed by atoms with Crippen molar-refractivity contribution in [2.24, 2.45) is 5.84 Å². The minimum absolute atomic E-state index is 0.388. The predicted molar refractivity (Wildman–Crippen MR) is 57.2 cm³/mol. The van der Waals surface area contributed by atoms with E-state index < -0.39 is 5.60 Å². The van der Waals surface area contributed by atoms with Gasteiger partial charge in [0.1, 0.15) is 11.4 Å². The van der Waals surface area contributed by atoms with E-state index in [-0.39, 0.29) is 5.97 Å². The number of pyridine rings is 1. The molecule has 15 heavy (non-hydrogen) atoms. The number of hydrogen-bond acceptors (Lipinski definition) is 5. The van der Waals surface area contributed by atoms with Crippen LogP contribution in [0, 0.1) is 0 Å². The molecule has 0 bridgehead atoms. The molecular formula is C10H15N3O2. The van der Waals surface area contributed by atoms with Crippen molar-refractivity contribution in [3.63, 3.8) is 0 Å². The second-order valence-corrected chi connectivity index (χ2v) is 4.08. The van der Waals surface area contributed by atoms with Crippen LogP contribution in [-0.4, -0.2) is 16.6 Å². The lowest BCUT2D eigenvalue weighted by atomic mass is 10.2. The minimum atomic E-state index is -0.503. The topological polar surface area (TPSA) is 77.2 Å². The predicted octanol–water partition coefficient (Wildman–Crippen LogP) is 1.32. The Labute approximate surface area is 88.6 Å². The van der Waals surface area contributed by atoms with E-state index in [1.807, 2.05) is 20.8 Å². The molecule has 5 nitrogen and oxygen atoms in total. The van der Waals surface area contributed by atoms with Crippen molar-refractivity contribution in [2.75, 3.05) is 5.43 Å². The van der Waals surface area contributed by atoms with Gasteiger partial charge in [-0.2, -0.15) is 0 Å². The summed E-state index contributed by atoms with van der Waals surface area (Å²) in [6.07, 6.45) is 1.49. The van der Waals surface area contributed by atoms with Crippen LogP contribution in [-0.2, 0) is 4.74 Å². The van der Waals surface area contributed by atoms with E-state index in [4.69, 9.17) is 10.6 Å². The smallest absolute Gasteiger partial charge is 0.338 e. The summed E-state index contributed by atoms with van der Waals surface area (Å²) < 4.78 is 5.19. The Morgan fingerprint density at radius 2 is 2.20 bits per heavy atom. The molecule has 1 rings (SSSR count). The summed E-state index contributed by atoms with van der Waals surface area (Å²) in [6.45, 7) is 5.44. The number of nitrogens with one attached hydrogen (secondary N) is 1. The first-order chi connectivity index (χ1) is 6.92. The summed E-state index contributed by atoms with van der Waals surface area (Å²) in [5, 5.41) is 0. The molecule has 0 saturated heterocycles. The highest BCUT2D eigenvalue weighted by atomic mass is 16.6. The number of anilines is 1. The summed E-state index contributed by atoms with van der Waals surface area (Å²) in [5.74, 6) is 5.22. The standard InChI is InChI=1S/C10H15N3O2/c1-10(2,3)15-9(14)7-4-5-12-8(6-7)13-11/h4-6H,11H2,1-3H3,(H,12,13). The van der Waals surface area contributed by atoms with Gasteiger partial charge in [0.25, 0.3) is 0 Å². The van der Waals surface area contributed by atoms with Gasteiger partial charge in [-0.1, -0.05) is 0 Å². The SMILES string of the molecule is CC(C)(C)OC(=O)c1ccnc(NN)c1. The molecule has 0 fully saturated rings. The number of nitrogens with zero attached hydrogens (tertiary/aromatic N) is 1. The van der Waals surface area contributed by atoms with Gasteiger partial charge in [0.05, 0.1) is 5.56 Å². The largest absolute Gasteiger partial charge is 0.456 e. The van der Waals surface area contributed by atoms with Crippen LogP contribution >= 0.6 is 0 Å². The summed E-state index contributed by atoms with van der Waals surface area (Å²) in [4.78, 5) is 15.5.